The van der Waals surface area contributed by atoms with E-state index >= 15 is 0 Å². The number of nitrogens with one attached hydrogen (secondary N) is 1. The molecule has 2 saturated heterocycles. The summed E-state index contributed by atoms with van der Waals surface area (Å²) >= 11 is 0. The highest BCUT2D eigenvalue weighted by molar-refractivity contribution is 14.0. The van der Waals surface area contributed by atoms with Crippen molar-refractivity contribution in [2.45, 2.75) is 32.0 Å². The van der Waals surface area contributed by atoms with E-state index in [0.29, 0.717) is 25.3 Å². The van der Waals surface area contributed by atoms with Crippen LogP contribution in [0.25, 0.3) is 0 Å². The molecular formula is C22H34F3IN4O2. The number of morpholine rings is 2. The van der Waals surface area contributed by atoms with Crippen LogP contribution < -0.4 is 5.32 Å². The maximum absolute atomic E-state index is 13.1. The van der Waals surface area contributed by atoms with E-state index in [1.807, 2.05) is 6.92 Å². The van der Waals surface area contributed by atoms with Gasteiger partial charge in [-0.2, -0.15) is 13.2 Å². The highest BCUT2D eigenvalue weighted by Gasteiger charge is 2.32. The molecule has 0 radical (unpaired) electrons. The van der Waals surface area contributed by atoms with Gasteiger partial charge in [-0.05, 0) is 44.0 Å². The Hall–Kier alpha value is -1.11. The summed E-state index contributed by atoms with van der Waals surface area (Å²) in [6.07, 6.45) is -2.70. The van der Waals surface area contributed by atoms with Gasteiger partial charge in [-0.3, -0.25) is 9.89 Å². The molecule has 0 aliphatic carbocycles. The van der Waals surface area contributed by atoms with Gasteiger partial charge in [0.2, 0.25) is 0 Å². The first kappa shape index (κ1) is 27.1. The number of alkyl halides is 3. The fraction of sp³-hybridized carbons (Fsp3) is 0.682. The van der Waals surface area contributed by atoms with E-state index in [0.717, 1.165) is 70.8 Å². The van der Waals surface area contributed by atoms with Crippen molar-refractivity contribution in [1.82, 2.24) is 15.1 Å². The molecule has 0 amide bonds. The van der Waals surface area contributed by atoms with Crippen LogP contribution in [0.15, 0.2) is 29.3 Å². The van der Waals surface area contributed by atoms with Gasteiger partial charge >= 0.3 is 6.18 Å². The largest absolute Gasteiger partial charge is 0.416 e. The molecule has 3 rings (SSSR count). The fourth-order valence-corrected chi connectivity index (χ4v) is 3.84. The summed E-state index contributed by atoms with van der Waals surface area (Å²) in [5.41, 5.74) is -0.104. The Morgan fingerprint density at radius 3 is 2.66 bits per heavy atom. The summed E-state index contributed by atoms with van der Waals surface area (Å²) in [6, 6.07) is 5.41. The number of aliphatic imine (C=N–C) groups is 1. The van der Waals surface area contributed by atoms with Gasteiger partial charge in [0.15, 0.2) is 5.96 Å². The molecule has 2 fully saturated rings. The van der Waals surface area contributed by atoms with E-state index in [-0.39, 0.29) is 24.0 Å². The third-order valence-electron chi connectivity index (χ3n) is 5.53. The van der Waals surface area contributed by atoms with Crippen LogP contribution in [-0.4, -0.2) is 81.4 Å². The minimum Gasteiger partial charge on any atom is -0.379 e. The fourth-order valence-electron chi connectivity index (χ4n) is 3.84. The van der Waals surface area contributed by atoms with Crippen LogP contribution >= 0.6 is 24.0 Å². The van der Waals surface area contributed by atoms with E-state index in [2.05, 4.69) is 15.1 Å². The van der Waals surface area contributed by atoms with Gasteiger partial charge in [0.05, 0.1) is 31.9 Å². The second-order valence-electron chi connectivity index (χ2n) is 7.83. The number of hydrogen-bond acceptors (Lipinski definition) is 4. The van der Waals surface area contributed by atoms with Gasteiger partial charge < -0.3 is 19.7 Å². The predicted octanol–water partition coefficient (Wildman–Crippen LogP) is 3.77. The number of rotatable bonds is 7. The van der Waals surface area contributed by atoms with E-state index < -0.39 is 17.8 Å². The summed E-state index contributed by atoms with van der Waals surface area (Å²) in [4.78, 5) is 9.26. The van der Waals surface area contributed by atoms with E-state index in [1.165, 1.54) is 12.1 Å². The van der Waals surface area contributed by atoms with Crippen molar-refractivity contribution in [2.24, 2.45) is 4.99 Å². The Bertz CT molecular complexity index is 715. The van der Waals surface area contributed by atoms with Crippen LogP contribution in [0.1, 0.15) is 37.0 Å². The summed E-state index contributed by atoms with van der Waals surface area (Å²) in [5.74, 6) is 0.800. The third-order valence-corrected chi connectivity index (χ3v) is 5.53. The molecule has 2 heterocycles. The molecule has 2 aliphatic heterocycles. The topological polar surface area (TPSA) is 49.3 Å². The molecular weight excluding hydrogens is 536 g/mol. The number of halogens is 4. The van der Waals surface area contributed by atoms with Gasteiger partial charge in [0.1, 0.15) is 6.10 Å². The average molecular weight is 570 g/mol. The number of nitrogens with zero attached hydrogens (tertiary/aromatic N) is 3. The SMILES string of the molecule is CCNC(=NCCCCN1CCOCC1)N1CCOC(c2cccc(C(F)(F)F)c2)C1.I. The first-order chi connectivity index (χ1) is 15.0. The number of benzene rings is 1. The lowest BCUT2D eigenvalue weighted by atomic mass is 10.0. The van der Waals surface area contributed by atoms with Crippen LogP contribution in [0, 0.1) is 0 Å². The van der Waals surface area contributed by atoms with Crippen molar-refractivity contribution in [3.63, 3.8) is 0 Å². The normalized spacial score (nSPS) is 20.7. The quantitative estimate of drug-likeness (QED) is 0.234. The molecule has 182 valence electrons. The third kappa shape index (κ3) is 8.35. The minimum absolute atomic E-state index is 0. The van der Waals surface area contributed by atoms with Crippen molar-refractivity contribution in [1.29, 1.82) is 0 Å². The highest BCUT2D eigenvalue weighted by Crippen LogP contribution is 2.32. The van der Waals surface area contributed by atoms with Crippen LogP contribution in [0.3, 0.4) is 0 Å². The molecule has 0 spiro atoms. The van der Waals surface area contributed by atoms with Gasteiger partial charge in [-0.25, -0.2) is 0 Å². The van der Waals surface area contributed by atoms with Crippen molar-refractivity contribution in [3.8, 4) is 0 Å². The highest BCUT2D eigenvalue weighted by atomic mass is 127. The molecule has 1 atom stereocenters. The molecule has 1 N–H and O–H groups in total. The summed E-state index contributed by atoms with van der Waals surface area (Å²) in [5, 5.41) is 3.31. The lowest BCUT2D eigenvalue weighted by Crippen LogP contribution is -2.48. The van der Waals surface area contributed by atoms with Crippen molar-refractivity contribution >= 4 is 29.9 Å². The minimum atomic E-state index is -4.36. The molecule has 6 nitrogen and oxygen atoms in total. The first-order valence-electron chi connectivity index (χ1n) is 11.1. The smallest absolute Gasteiger partial charge is 0.379 e. The zero-order chi connectivity index (χ0) is 22.1. The maximum Gasteiger partial charge on any atom is 0.416 e. The summed E-state index contributed by atoms with van der Waals surface area (Å²) < 4.78 is 50.4. The Morgan fingerprint density at radius 1 is 1.16 bits per heavy atom. The van der Waals surface area contributed by atoms with Crippen molar-refractivity contribution in [2.75, 3.05) is 65.6 Å². The van der Waals surface area contributed by atoms with Crippen molar-refractivity contribution in [3.05, 3.63) is 35.4 Å². The molecule has 1 aromatic rings. The molecule has 32 heavy (non-hydrogen) atoms. The lowest BCUT2D eigenvalue weighted by Gasteiger charge is -2.35. The van der Waals surface area contributed by atoms with E-state index in [4.69, 9.17) is 14.5 Å². The number of ether oxygens (including phenoxy) is 2. The Morgan fingerprint density at radius 2 is 1.94 bits per heavy atom. The van der Waals surface area contributed by atoms with E-state index in [1.54, 1.807) is 6.07 Å². The molecule has 0 aromatic heterocycles. The van der Waals surface area contributed by atoms with Crippen LogP contribution in [0.2, 0.25) is 0 Å². The van der Waals surface area contributed by atoms with Gasteiger partial charge in [0.25, 0.3) is 0 Å². The van der Waals surface area contributed by atoms with Gasteiger partial charge in [0, 0.05) is 32.7 Å². The van der Waals surface area contributed by atoms with Crippen LogP contribution in [-0.2, 0) is 15.7 Å². The molecule has 1 aromatic carbocycles. The molecule has 10 heteroatoms. The van der Waals surface area contributed by atoms with Crippen LogP contribution in [0.5, 0.6) is 0 Å². The Balaban J connectivity index is 0.00000363. The summed E-state index contributed by atoms with van der Waals surface area (Å²) in [6.45, 7) is 9.73. The predicted molar refractivity (Wildman–Crippen MR) is 130 cm³/mol. The van der Waals surface area contributed by atoms with Crippen LogP contribution in [0.4, 0.5) is 13.2 Å². The van der Waals surface area contributed by atoms with Crippen molar-refractivity contribution < 1.29 is 22.6 Å². The average Bonchev–Trinajstić information content (AvgIpc) is 2.78. The zero-order valence-corrected chi connectivity index (χ0v) is 20.9. The lowest BCUT2D eigenvalue weighted by molar-refractivity contribution is -0.137. The maximum atomic E-state index is 13.1. The number of guanidine groups is 1. The second-order valence-corrected chi connectivity index (χ2v) is 7.83. The van der Waals surface area contributed by atoms with Gasteiger partial charge in [-0.1, -0.05) is 12.1 Å². The molecule has 1 unspecified atom stereocenters. The molecule has 2 aliphatic rings. The monoisotopic (exact) mass is 570 g/mol. The van der Waals surface area contributed by atoms with Gasteiger partial charge in [-0.15, -0.1) is 24.0 Å². The number of hydrogen-bond donors (Lipinski definition) is 1. The Kier molecular flexibility index (Phi) is 11.5. The zero-order valence-electron chi connectivity index (χ0n) is 18.6. The van der Waals surface area contributed by atoms with E-state index in [9.17, 15) is 13.2 Å². The number of unbranched alkanes of at least 4 members (excludes halogenated alkanes) is 1. The summed E-state index contributed by atoms with van der Waals surface area (Å²) in [7, 11) is 0. The Labute approximate surface area is 205 Å². The standard InChI is InChI=1S/C22H33F3N4O2.HI/c1-2-26-21(27-8-3-4-9-28-10-13-30-14-11-28)29-12-15-31-20(17-29)18-6-5-7-19(16-18)22(23,24)25;/h5-7,16,20H,2-4,8-15,17H2,1H3,(H,26,27);1H. The first-order valence-corrected chi connectivity index (χ1v) is 11.1. The molecule has 0 bridgehead atoms. The molecule has 0 saturated carbocycles. The second kappa shape index (κ2) is 13.6.